The van der Waals surface area contributed by atoms with E-state index in [0.29, 0.717) is 15.9 Å². The Morgan fingerprint density at radius 3 is 2.31 bits per heavy atom. The first kappa shape index (κ1) is 16.4. The third-order valence-corrected chi connectivity index (χ3v) is 5.51. The maximum atomic E-state index is 12.4. The molecule has 0 N–H and O–H groups in total. The Bertz CT molecular complexity index is 1120. The Kier molecular flexibility index (Phi) is 3.81. The van der Waals surface area contributed by atoms with Crippen LogP contribution in [0.2, 0.25) is 0 Å². The summed E-state index contributed by atoms with van der Waals surface area (Å²) in [7, 11) is 1.85. The highest BCUT2D eigenvalue weighted by atomic mass is 32.1. The van der Waals surface area contributed by atoms with Crippen molar-refractivity contribution in [3.8, 4) is 0 Å². The third-order valence-electron chi connectivity index (χ3n) is 4.42. The maximum Gasteiger partial charge on any atom is 0.268 e. The first-order valence-corrected chi connectivity index (χ1v) is 8.87. The largest absolute Gasteiger partial charge is 0.319 e. The average Bonchev–Trinajstić information content (AvgIpc) is 3.06. The number of thiazole rings is 1. The molecule has 0 unspecified atom stereocenters. The van der Waals surface area contributed by atoms with Gasteiger partial charge in [-0.3, -0.25) is 19.3 Å². The van der Waals surface area contributed by atoms with Gasteiger partial charge in [-0.25, -0.2) is 0 Å². The second-order valence-electron chi connectivity index (χ2n) is 6.11. The monoisotopic (exact) mass is 365 g/mol. The number of fused-ring (bicyclic) bond motifs is 2. The van der Waals surface area contributed by atoms with Gasteiger partial charge in [0.05, 0.1) is 21.3 Å². The molecule has 2 aromatic carbocycles. The van der Waals surface area contributed by atoms with E-state index in [4.69, 9.17) is 0 Å². The van der Waals surface area contributed by atoms with Crippen LogP contribution in [-0.2, 0) is 11.8 Å². The number of aryl methyl sites for hydroxylation is 2. The molecule has 1 aliphatic heterocycles. The molecule has 0 saturated heterocycles. The van der Waals surface area contributed by atoms with Crippen LogP contribution in [0.15, 0.2) is 47.5 Å². The van der Waals surface area contributed by atoms with Gasteiger partial charge in [0.1, 0.15) is 6.54 Å². The summed E-state index contributed by atoms with van der Waals surface area (Å²) >= 11 is 1.40. The average molecular weight is 365 g/mol. The number of imide groups is 1. The van der Waals surface area contributed by atoms with Crippen LogP contribution in [0.4, 0.5) is 0 Å². The molecule has 1 aliphatic rings. The molecule has 130 valence electrons. The molecule has 0 saturated carbocycles. The Balaban J connectivity index is 1.66. The van der Waals surface area contributed by atoms with Gasteiger partial charge >= 0.3 is 0 Å². The van der Waals surface area contributed by atoms with E-state index in [1.54, 1.807) is 24.3 Å². The lowest BCUT2D eigenvalue weighted by Gasteiger charge is -2.10. The highest BCUT2D eigenvalue weighted by Crippen LogP contribution is 2.22. The van der Waals surface area contributed by atoms with Gasteiger partial charge in [-0.15, -0.1) is 0 Å². The highest BCUT2D eigenvalue weighted by molar-refractivity contribution is 7.16. The third kappa shape index (κ3) is 2.48. The second-order valence-corrected chi connectivity index (χ2v) is 7.12. The topological polar surface area (TPSA) is 71.7 Å². The minimum atomic E-state index is -0.528. The number of carbonyl (C=O) groups is 3. The highest BCUT2D eigenvalue weighted by Gasteiger charge is 2.36. The molecular formula is C19H15N3O3S. The van der Waals surface area contributed by atoms with Crippen LogP contribution in [0.5, 0.6) is 0 Å². The van der Waals surface area contributed by atoms with Crippen molar-refractivity contribution in [2.75, 3.05) is 6.54 Å². The van der Waals surface area contributed by atoms with E-state index >= 15 is 0 Å². The molecule has 7 heteroatoms. The van der Waals surface area contributed by atoms with Crippen molar-refractivity contribution in [1.29, 1.82) is 0 Å². The molecule has 0 fully saturated rings. The SMILES string of the molecule is Cc1cccc2sc(=NC(=O)CN3C(=O)c4ccccc4C3=O)n(C)c12. The smallest absolute Gasteiger partial charge is 0.268 e. The van der Waals surface area contributed by atoms with E-state index in [9.17, 15) is 14.4 Å². The molecule has 0 aliphatic carbocycles. The molecule has 26 heavy (non-hydrogen) atoms. The molecule has 4 rings (SSSR count). The standard InChI is InChI=1S/C19H15N3O3S/c1-11-6-5-9-14-16(11)21(2)19(26-14)20-15(23)10-22-17(24)12-7-3-4-8-13(12)18(22)25/h3-9H,10H2,1-2H3. The van der Waals surface area contributed by atoms with Crippen molar-refractivity contribution >= 4 is 39.3 Å². The molecule has 6 nitrogen and oxygen atoms in total. The van der Waals surface area contributed by atoms with Crippen molar-refractivity contribution in [3.63, 3.8) is 0 Å². The summed E-state index contributed by atoms with van der Waals surface area (Å²) in [6.07, 6.45) is 0. The minimum Gasteiger partial charge on any atom is -0.319 e. The quantitative estimate of drug-likeness (QED) is 0.654. The summed E-state index contributed by atoms with van der Waals surface area (Å²) in [6.45, 7) is 1.64. The number of rotatable bonds is 2. The number of carbonyl (C=O) groups excluding carboxylic acids is 3. The summed E-state index contributed by atoms with van der Waals surface area (Å²) in [5.41, 5.74) is 2.77. The van der Waals surface area contributed by atoms with Crippen molar-refractivity contribution < 1.29 is 14.4 Å². The molecule has 2 heterocycles. The van der Waals surface area contributed by atoms with Gasteiger partial charge in [0.25, 0.3) is 17.7 Å². The van der Waals surface area contributed by atoms with Gasteiger partial charge in [-0.2, -0.15) is 4.99 Å². The maximum absolute atomic E-state index is 12.4. The number of amides is 3. The molecule has 0 bridgehead atoms. The van der Waals surface area contributed by atoms with E-state index in [2.05, 4.69) is 4.99 Å². The predicted octanol–water partition coefficient (Wildman–Crippen LogP) is 2.27. The fourth-order valence-electron chi connectivity index (χ4n) is 3.16. The summed E-state index contributed by atoms with van der Waals surface area (Å²) in [6, 6.07) is 12.5. The lowest BCUT2D eigenvalue weighted by atomic mass is 10.1. The molecule has 3 amide bonds. The van der Waals surface area contributed by atoms with Gasteiger partial charge < -0.3 is 4.57 Å². The molecule has 0 radical (unpaired) electrons. The van der Waals surface area contributed by atoms with Crippen LogP contribution >= 0.6 is 11.3 Å². The number of nitrogens with zero attached hydrogens (tertiary/aromatic N) is 3. The Morgan fingerprint density at radius 1 is 1.04 bits per heavy atom. The summed E-state index contributed by atoms with van der Waals surface area (Å²) < 4.78 is 2.88. The van der Waals surface area contributed by atoms with E-state index in [1.807, 2.05) is 36.7 Å². The molecule has 0 atom stereocenters. The first-order chi connectivity index (χ1) is 12.5. The van der Waals surface area contributed by atoms with Crippen molar-refractivity contribution in [2.45, 2.75) is 6.92 Å². The number of hydrogen-bond acceptors (Lipinski definition) is 4. The summed E-state index contributed by atoms with van der Waals surface area (Å²) in [4.78, 5) is 42.7. The van der Waals surface area contributed by atoms with Crippen LogP contribution in [0.3, 0.4) is 0 Å². The molecule has 3 aromatic rings. The normalized spacial score (nSPS) is 14.4. The number of hydrogen-bond donors (Lipinski definition) is 0. The lowest BCUT2D eigenvalue weighted by molar-refractivity contribution is -0.118. The van der Waals surface area contributed by atoms with Crippen LogP contribution < -0.4 is 4.80 Å². The molecule has 1 aromatic heterocycles. The Hall–Kier alpha value is -3.06. The summed E-state index contributed by atoms with van der Waals surface area (Å²) in [5.74, 6) is -1.43. The van der Waals surface area contributed by atoms with Crippen LogP contribution in [0.1, 0.15) is 26.3 Å². The number of para-hydroxylation sites is 1. The van der Waals surface area contributed by atoms with Gasteiger partial charge in [0.15, 0.2) is 4.80 Å². The van der Waals surface area contributed by atoms with E-state index in [-0.39, 0.29) is 6.54 Å². The predicted molar refractivity (Wildman–Crippen MR) is 97.9 cm³/mol. The lowest BCUT2D eigenvalue weighted by Crippen LogP contribution is -2.35. The van der Waals surface area contributed by atoms with Gasteiger partial charge in [0, 0.05) is 7.05 Å². The van der Waals surface area contributed by atoms with Crippen LogP contribution in [-0.4, -0.2) is 33.7 Å². The van der Waals surface area contributed by atoms with Crippen LogP contribution in [0, 0.1) is 6.92 Å². The van der Waals surface area contributed by atoms with Crippen molar-refractivity contribution in [1.82, 2.24) is 9.47 Å². The van der Waals surface area contributed by atoms with Gasteiger partial charge in [0.2, 0.25) is 0 Å². The number of benzene rings is 2. The zero-order chi connectivity index (χ0) is 18.4. The fraction of sp³-hybridized carbons (Fsp3) is 0.158. The van der Waals surface area contributed by atoms with Crippen molar-refractivity contribution in [3.05, 3.63) is 64.0 Å². The zero-order valence-corrected chi connectivity index (χ0v) is 15.0. The Labute approximate surface area is 153 Å². The second kappa shape index (κ2) is 6.03. The first-order valence-electron chi connectivity index (χ1n) is 8.05. The number of aromatic nitrogens is 1. The van der Waals surface area contributed by atoms with E-state index in [0.717, 1.165) is 20.7 Å². The zero-order valence-electron chi connectivity index (χ0n) is 14.2. The van der Waals surface area contributed by atoms with Crippen molar-refractivity contribution in [2.24, 2.45) is 12.0 Å². The molecule has 0 spiro atoms. The molecular weight excluding hydrogens is 350 g/mol. The van der Waals surface area contributed by atoms with Gasteiger partial charge in [-0.05, 0) is 30.7 Å². The fourth-order valence-corrected chi connectivity index (χ4v) is 4.28. The van der Waals surface area contributed by atoms with Crippen LogP contribution in [0.25, 0.3) is 10.2 Å². The Morgan fingerprint density at radius 2 is 1.69 bits per heavy atom. The minimum absolute atomic E-state index is 0.327. The van der Waals surface area contributed by atoms with Gasteiger partial charge in [-0.1, -0.05) is 35.6 Å². The summed E-state index contributed by atoms with van der Waals surface area (Å²) in [5, 5.41) is 0. The van der Waals surface area contributed by atoms with E-state index < -0.39 is 17.7 Å². The van der Waals surface area contributed by atoms with E-state index in [1.165, 1.54) is 11.3 Å².